The molecule has 0 bridgehead atoms. The van der Waals surface area contributed by atoms with E-state index in [0.29, 0.717) is 5.75 Å². The van der Waals surface area contributed by atoms with Crippen molar-refractivity contribution in [3.8, 4) is 11.8 Å². The van der Waals surface area contributed by atoms with Gasteiger partial charge in [0.05, 0.1) is 0 Å². The van der Waals surface area contributed by atoms with Gasteiger partial charge in [-0.25, -0.2) is 0 Å². The fraction of sp³-hybridized carbons (Fsp3) is 0. The second-order valence-corrected chi connectivity index (χ2v) is 2.57. The first kappa shape index (κ1) is 9.45. The molecule has 0 aliphatic rings. The maximum absolute atomic E-state index is 12.5. The van der Waals surface area contributed by atoms with Gasteiger partial charge in [-0.15, -0.1) is 9.97 Å². The molecule has 6 heteroatoms. The number of ether oxygens (including phenoxy) is 1. The third kappa shape index (κ3) is 2.43. The Morgan fingerprint density at radius 2 is 1.47 bits per heavy atom. The Bertz CT molecular complexity index is 444. The van der Waals surface area contributed by atoms with E-state index in [1.165, 1.54) is 0 Å². The Morgan fingerprint density at radius 1 is 0.867 bits per heavy atom. The molecule has 0 unspecified atom stereocenters. The van der Waals surface area contributed by atoms with Gasteiger partial charge in [0.2, 0.25) is 0 Å². The van der Waals surface area contributed by atoms with Crippen molar-refractivity contribution in [2.24, 2.45) is 0 Å². The average molecular weight is 209 g/mol. The normalized spacial score (nSPS) is 10.0. The lowest BCUT2D eigenvalue weighted by Gasteiger charge is -2.01. The van der Waals surface area contributed by atoms with Crippen LogP contribution in [0.3, 0.4) is 0 Å². The molecular weight excluding hydrogens is 204 g/mol. The van der Waals surface area contributed by atoms with Crippen LogP contribution in [0.5, 0.6) is 11.8 Å². The molecule has 0 N–H and O–H groups in total. The molecule has 0 fully saturated rings. The van der Waals surface area contributed by atoms with Gasteiger partial charge < -0.3 is 4.74 Å². The maximum Gasteiger partial charge on any atom is 0.330 e. The van der Waals surface area contributed by atoms with Gasteiger partial charge in [0.1, 0.15) is 5.75 Å². The number of aromatic nitrogens is 3. The van der Waals surface area contributed by atoms with E-state index in [4.69, 9.17) is 4.74 Å². The monoisotopic (exact) mass is 209 g/mol. The van der Waals surface area contributed by atoms with Crippen LogP contribution in [-0.4, -0.2) is 15.0 Å². The summed E-state index contributed by atoms with van der Waals surface area (Å²) in [6, 6.07) is 8.01. The Labute approximate surface area is 83.6 Å². The third-order valence-electron chi connectivity index (χ3n) is 1.51. The van der Waals surface area contributed by atoms with Crippen molar-refractivity contribution in [3.63, 3.8) is 0 Å². The molecule has 0 atom stereocenters. The molecule has 0 spiro atoms. The molecule has 0 aliphatic heterocycles. The van der Waals surface area contributed by atoms with E-state index in [1.54, 1.807) is 30.3 Å². The number of rotatable bonds is 2. The highest BCUT2D eigenvalue weighted by atomic mass is 19.1. The van der Waals surface area contributed by atoms with E-state index < -0.39 is 18.2 Å². The molecular formula is C9H5F2N3O. The Kier molecular flexibility index (Phi) is 2.49. The maximum atomic E-state index is 12.5. The quantitative estimate of drug-likeness (QED) is 0.758. The lowest BCUT2D eigenvalue weighted by atomic mass is 10.3. The molecule has 1 aromatic heterocycles. The summed E-state index contributed by atoms with van der Waals surface area (Å²) >= 11 is 0. The fourth-order valence-electron chi connectivity index (χ4n) is 0.949. The number of para-hydroxylation sites is 1. The predicted octanol–water partition coefficient (Wildman–Crippen LogP) is 1.94. The first-order valence-electron chi connectivity index (χ1n) is 4.04. The van der Waals surface area contributed by atoms with Crippen molar-refractivity contribution in [1.29, 1.82) is 0 Å². The molecule has 1 heterocycles. The minimum Gasteiger partial charge on any atom is -0.424 e. The zero-order valence-electron chi connectivity index (χ0n) is 7.39. The number of hydrogen-bond donors (Lipinski definition) is 0. The molecule has 0 saturated heterocycles. The molecule has 4 nitrogen and oxygen atoms in total. The molecule has 0 amide bonds. The lowest BCUT2D eigenvalue weighted by Crippen LogP contribution is -2.00. The molecule has 2 rings (SSSR count). The van der Waals surface area contributed by atoms with Crippen molar-refractivity contribution < 1.29 is 13.5 Å². The highest BCUT2D eigenvalue weighted by Crippen LogP contribution is 2.16. The number of nitrogens with zero attached hydrogens (tertiary/aromatic N) is 3. The minimum absolute atomic E-state index is 0.391. The summed E-state index contributed by atoms with van der Waals surface area (Å²) in [5.74, 6) is 0.391. The van der Waals surface area contributed by atoms with Crippen LogP contribution >= 0.6 is 0 Å². The van der Waals surface area contributed by atoms with Gasteiger partial charge in [0.25, 0.3) is 0 Å². The summed E-state index contributed by atoms with van der Waals surface area (Å²) in [7, 11) is 0. The molecule has 76 valence electrons. The van der Waals surface area contributed by atoms with Crippen molar-refractivity contribution in [2.75, 3.05) is 0 Å². The van der Waals surface area contributed by atoms with Gasteiger partial charge in [0, 0.05) is 0 Å². The fourth-order valence-corrected chi connectivity index (χ4v) is 0.949. The van der Waals surface area contributed by atoms with Gasteiger partial charge in [-0.2, -0.15) is 13.8 Å². The highest BCUT2D eigenvalue weighted by molar-refractivity contribution is 5.23. The van der Waals surface area contributed by atoms with Gasteiger partial charge in [-0.1, -0.05) is 18.2 Å². The standard InChI is InChI=1S/C9H5F2N3O/c10-7-12-8(11)14-9(13-7)15-6-4-2-1-3-5-6/h1-5H. The summed E-state index contributed by atoms with van der Waals surface area (Å²) in [4.78, 5) is 9.10. The zero-order valence-corrected chi connectivity index (χ0v) is 7.39. The lowest BCUT2D eigenvalue weighted by molar-refractivity contribution is 0.377. The van der Waals surface area contributed by atoms with E-state index in [9.17, 15) is 8.78 Å². The summed E-state index contributed by atoms with van der Waals surface area (Å²) in [6.45, 7) is 0. The summed E-state index contributed by atoms with van der Waals surface area (Å²) in [5.41, 5.74) is 0. The summed E-state index contributed by atoms with van der Waals surface area (Å²) in [6.07, 6.45) is -2.43. The van der Waals surface area contributed by atoms with Crippen LogP contribution in [0.25, 0.3) is 0 Å². The minimum atomic E-state index is -1.21. The molecule has 0 aliphatic carbocycles. The Hall–Kier alpha value is -2.11. The molecule has 2 aromatic rings. The first-order valence-corrected chi connectivity index (χ1v) is 4.04. The van der Waals surface area contributed by atoms with E-state index in [0.717, 1.165) is 0 Å². The predicted molar refractivity (Wildman–Crippen MR) is 46.3 cm³/mol. The van der Waals surface area contributed by atoms with Crippen LogP contribution in [0.4, 0.5) is 8.78 Å². The van der Waals surface area contributed by atoms with Gasteiger partial charge in [-0.05, 0) is 12.1 Å². The van der Waals surface area contributed by atoms with Gasteiger partial charge >= 0.3 is 18.2 Å². The number of hydrogen-bond acceptors (Lipinski definition) is 4. The molecule has 0 saturated carbocycles. The van der Waals surface area contributed by atoms with E-state index in [1.807, 2.05) is 0 Å². The number of benzene rings is 1. The second kappa shape index (κ2) is 3.95. The van der Waals surface area contributed by atoms with Crippen molar-refractivity contribution >= 4 is 0 Å². The zero-order chi connectivity index (χ0) is 10.7. The average Bonchev–Trinajstić information content (AvgIpc) is 2.17. The third-order valence-corrected chi connectivity index (χ3v) is 1.51. The first-order chi connectivity index (χ1) is 7.24. The van der Waals surface area contributed by atoms with Crippen molar-refractivity contribution in [2.45, 2.75) is 0 Å². The highest BCUT2D eigenvalue weighted by Gasteiger charge is 2.06. The topological polar surface area (TPSA) is 47.9 Å². The molecule has 1 aromatic carbocycles. The van der Waals surface area contributed by atoms with Crippen LogP contribution in [0.15, 0.2) is 30.3 Å². The number of halogens is 2. The second-order valence-electron chi connectivity index (χ2n) is 2.57. The Morgan fingerprint density at radius 3 is 2.07 bits per heavy atom. The van der Waals surface area contributed by atoms with Gasteiger partial charge in [0.15, 0.2) is 0 Å². The van der Waals surface area contributed by atoms with Crippen LogP contribution in [0.1, 0.15) is 0 Å². The molecule has 0 radical (unpaired) electrons. The smallest absolute Gasteiger partial charge is 0.330 e. The summed E-state index contributed by atoms with van der Waals surface area (Å²) < 4.78 is 30.1. The summed E-state index contributed by atoms with van der Waals surface area (Å²) in [5, 5.41) is 0. The van der Waals surface area contributed by atoms with Crippen LogP contribution < -0.4 is 4.74 Å². The van der Waals surface area contributed by atoms with E-state index in [-0.39, 0.29) is 0 Å². The van der Waals surface area contributed by atoms with Crippen LogP contribution in [0, 0.1) is 12.2 Å². The SMILES string of the molecule is Fc1nc(F)nc(Oc2ccccc2)n1. The van der Waals surface area contributed by atoms with E-state index in [2.05, 4.69) is 15.0 Å². The van der Waals surface area contributed by atoms with Gasteiger partial charge in [-0.3, -0.25) is 0 Å². The van der Waals surface area contributed by atoms with Crippen LogP contribution in [0.2, 0.25) is 0 Å². The Balaban J connectivity index is 2.25. The largest absolute Gasteiger partial charge is 0.424 e. The molecule has 15 heavy (non-hydrogen) atoms. The van der Waals surface area contributed by atoms with Crippen molar-refractivity contribution in [3.05, 3.63) is 42.5 Å². The van der Waals surface area contributed by atoms with E-state index >= 15 is 0 Å². The van der Waals surface area contributed by atoms with Crippen molar-refractivity contribution in [1.82, 2.24) is 15.0 Å². The van der Waals surface area contributed by atoms with Crippen LogP contribution in [-0.2, 0) is 0 Å².